The molecular formula is C12H17NO5. The monoisotopic (exact) mass is 255 g/mol. The fraction of sp³-hybridized carbons (Fsp3) is 0.583. The van der Waals surface area contributed by atoms with Crippen LogP contribution in [-0.2, 0) is 23.9 Å². The van der Waals surface area contributed by atoms with Gasteiger partial charge in [-0.2, -0.15) is 0 Å². The van der Waals surface area contributed by atoms with Gasteiger partial charge < -0.3 is 14.8 Å². The number of carbonyl (C=O) groups excluding carboxylic acids is 3. The number of hydrogen-bond donors (Lipinski definition) is 1. The molecule has 0 aliphatic carbocycles. The predicted octanol–water partition coefficient (Wildman–Crippen LogP) is 0.316. The molecule has 1 atom stereocenters. The molecule has 100 valence electrons. The number of nitrogens with one attached hydrogen (secondary N) is 1. The number of esters is 2. The third-order valence-corrected chi connectivity index (χ3v) is 2.02. The summed E-state index contributed by atoms with van der Waals surface area (Å²) in [7, 11) is 0. The van der Waals surface area contributed by atoms with E-state index >= 15 is 0 Å². The highest BCUT2D eigenvalue weighted by Crippen LogP contribution is 2.08. The van der Waals surface area contributed by atoms with Gasteiger partial charge in [-0.05, 0) is 20.8 Å². The van der Waals surface area contributed by atoms with Crippen molar-refractivity contribution >= 4 is 17.8 Å². The number of ether oxygens (including phenoxy) is 2. The van der Waals surface area contributed by atoms with Crippen molar-refractivity contribution in [2.75, 3.05) is 6.54 Å². The highest BCUT2D eigenvalue weighted by Gasteiger charge is 2.27. The largest absolute Gasteiger partial charge is 0.457 e. The van der Waals surface area contributed by atoms with Crippen LogP contribution in [0, 0.1) is 0 Å². The van der Waals surface area contributed by atoms with Crippen LogP contribution in [0.5, 0.6) is 0 Å². The molecule has 1 aliphatic rings. The first-order chi connectivity index (χ1) is 8.28. The Labute approximate surface area is 105 Å². The van der Waals surface area contributed by atoms with Crippen LogP contribution in [0.4, 0.5) is 0 Å². The molecule has 1 amide bonds. The summed E-state index contributed by atoms with van der Waals surface area (Å²) in [4.78, 5) is 33.7. The van der Waals surface area contributed by atoms with Crippen molar-refractivity contribution in [3.63, 3.8) is 0 Å². The fourth-order valence-electron chi connectivity index (χ4n) is 1.34. The molecule has 6 nitrogen and oxygen atoms in total. The zero-order chi connectivity index (χ0) is 13.8. The zero-order valence-electron chi connectivity index (χ0n) is 10.7. The van der Waals surface area contributed by atoms with E-state index in [1.54, 1.807) is 20.8 Å². The van der Waals surface area contributed by atoms with E-state index < -0.39 is 23.6 Å². The second-order valence-corrected chi connectivity index (χ2v) is 4.87. The van der Waals surface area contributed by atoms with Gasteiger partial charge in [0, 0.05) is 25.1 Å². The third kappa shape index (κ3) is 4.99. The highest BCUT2D eigenvalue weighted by atomic mass is 16.6. The van der Waals surface area contributed by atoms with Crippen molar-refractivity contribution in [1.82, 2.24) is 5.32 Å². The molecule has 18 heavy (non-hydrogen) atoms. The van der Waals surface area contributed by atoms with Crippen molar-refractivity contribution in [1.29, 1.82) is 0 Å². The van der Waals surface area contributed by atoms with Gasteiger partial charge in [-0.3, -0.25) is 4.79 Å². The smallest absolute Gasteiger partial charge is 0.331 e. The standard InChI is InChI=1S/C12H17NO5/c1-12(2,3)18-10(15)5-4-9(14)17-8-6-7-13-11(8)16/h4-5,8H,6-7H2,1-3H3,(H,13,16)/b5-4+. The lowest BCUT2D eigenvalue weighted by Crippen LogP contribution is -2.27. The molecule has 1 saturated heterocycles. The maximum atomic E-state index is 11.3. The number of carbonyl (C=O) groups is 3. The third-order valence-electron chi connectivity index (χ3n) is 2.02. The van der Waals surface area contributed by atoms with Crippen LogP contribution in [0.2, 0.25) is 0 Å². The van der Waals surface area contributed by atoms with E-state index in [4.69, 9.17) is 9.47 Å². The van der Waals surface area contributed by atoms with Gasteiger partial charge in [0.15, 0.2) is 6.10 Å². The highest BCUT2D eigenvalue weighted by molar-refractivity contribution is 5.93. The second kappa shape index (κ2) is 5.66. The van der Waals surface area contributed by atoms with E-state index in [0.717, 1.165) is 12.2 Å². The molecule has 0 bridgehead atoms. The van der Waals surface area contributed by atoms with Crippen molar-refractivity contribution in [2.45, 2.75) is 38.9 Å². The molecule has 0 aromatic rings. The molecule has 1 rings (SSSR count). The Morgan fingerprint density at radius 3 is 2.39 bits per heavy atom. The summed E-state index contributed by atoms with van der Waals surface area (Å²) in [6.45, 7) is 5.66. The summed E-state index contributed by atoms with van der Waals surface area (Å²) in [6.07, 6.45) is 1.63. The molecule has 1 N–H and O–H groups in total. The maximum Gasteiger partial charge on any atom is 0.331 e. The van der Waals surface area contributed by atoms with Gasteiger partial charge in [0.25, 0.3) is 5.91 Å². The van der Waals surface area contributed by atoms with Crippen LogP contribution in [0.15, 0.2) is 12.2 Å². The van der Waals surface area contributed by atoms with E-state index in [9.17, 15) is 14.4 Å². The number of hydrogen-bond acceptors (Lipinski definition) is 5. The SMILES string of the molecule is CC(C)(C)OC(=O)/C=C/C(=O)OC1CCNC1=O. The van der Waals surface area contributed by atoms with E-state index in [1.807, 2.05) is 0 Å². The van der Waals surface area contributed by atoms with Crippen molar-refractivity contribution in [3.05, 3.63) is 12.2 Å². The molecule has 0 aromatic carbocycles. The summed E-state index contributed by atoms with van der Waals surface area (Å²) >= 11 is 0. The van der Waals surface area contributed by atoms with Gasteiger partial charge in [0.1, 0.15) is 5.60 Å². The molecule has 0 saturated carbocycles. The van der Waals surface area contributed by atoms with Crippen LogP contribution >= 0.6 is 0 Å². The van der Waals surface area contributed by atoms with Crippen LogP contribution in [0.3, 0.4) is 0 Å². The summed E-state index contributed by atoms with van der Waals surface area (Å²) in [5.74, 6) is -1.67. The zero-order valence-corrected chi connectivity index (χ0v) is 10.7. The Bertz CT molecular complexity index is 380. The van der Waals surface area contributed by atoms with Gasteiger partial charge >= 0.3 is 11.9 Å². The van der Waals surface area contributed by atoms with E-state index in [0.29, 0.717) is 13.0 Å². The van der Waals surface area contributed by atoms with Crippen molar-refractivity contribution in [3.8, 4) is 0 Å². The molecule has 1 aliphatic heterocycles. The predicted molar refractivity (Wildman–Crippen MR) is 62.5 cm³/mol. The first-order valence-corrected chi connectivity index (χ1v) is 5.67. The summed E-state index contributed by atoms with van der Waals surface area (Å²) < 4.78 is 9.82. The van der Waals surface area contributed by atoms with Crippen LogP contribution in [-0.4, -0.2) is 36.1 Å². The van der Waals surface area contributed by atoms with Gasteiger partial charge in [-0.25, -0.2) is 9.59 Å². The van der Waals surface area contributed by atoms with Gasteiger partial charge in [0.2, 0.25) is 0 Å². The minimum Gasteiger partial charge on any atom is -0.457 e. The average molecular weight is 255 g/mol. The molecule has 1 heterocycles. The second-order valence-electron chi connectivity index (χ2n) is 4.87. The van der Waals surface area contributed by atoms with Crippen LogP contribution in [0.25, 0.3) is 0 Å². The Hall–Kier alpha value is -1.85. The number of rotatable bonds is 3. The molecular weight excluding hydrogens is 238 g/mol. The van der Waals surface area contributed by atoms with Crippen molar-refractivity contribution < 1.29 is 23.9 Å². The first kappa shape index (κ1) is 14.2. The van der Waals surface area contributed by atoms with Crippen molar-refractivity contribution in [2.24, 2.45) is 0 Å². The molecule has 6 heteroatoms. The molecule has 1 fully saturated rings. The van der Waals surface area contributed by atoms with Crippen LogP contribution in [0.1, 0.15) is 27.2 Å². The summed E-state index contributed by atoms with van der Waals surface area (Å²) in [5.41, 5.74) is -0.614. The van der Waals surface area contributed by atoms with Crippen LogP contribution < -0.4 is 5.32 Å². The van der Waals surface area contributed by atoms with E-state index in [2.05, 4.69) is 5.32 Å². The van der Waals surface area contributed by atoms with Gasteiger partial charge in [-0.15, -0.1) is 0 Å². The molecule has 1 unspecified atom stereocenters. The summed E-state index contributed by atoms with van der Waals surface area (Å²) in [6, 6.07) is 0. The average Bonchev–Trinajstić information content (AvgIpc) is 2.59. The summed E-state index contributed by atoms with van der Waals surface area (Å²) in [5, 5.41) is 2.54. The van der Waals surface area contributed by atoms with E-state index in [-0.39, 0.29) is 5.91 Å². The molecule has 0 aromatic heterocycles. The molecule has 0 radical (unpaired) electrons. The van der Waals surface area contributed by atoms with E-state index in [1.165, 1.54) is 0 Å². The Kier molecular flexibility index (Phi) is 4.47. The lowest BCUT2D eigenvalue weighted by Gasteiger charge is -2.17. The number of amides is 1. The Balaban J connectivity index is 2.40. The Morgan fingerprint density at radius 2 is 1.89 bits per heavy atom. The Morgan fingerprint density at radius 1 is 1.28 bits per heavy atom. The topological polar surface area (TPSA) is 81.7 Å². The minimum absolute atomic E-state index is 0.311. The normalized spacial score (nSPS) is 19.7. The van der Waals surface area contributed by atoms with Gasteiger partial charge in [0.05, 0.1) is 0 Å². The lowest BCUT2D eigenvalue weighted by molar-refractivity contribution is -0.151. The quantitative estimate of drug-likeness (QED) is 0.580. The lowest BCUT2D eigenvalue weighted by atomic mass is 10.2. The maximum absolute atomic E-state index is 11.3. The fourth-order valence-corrected chi connectivity index (χ4v) is 1.34. The minimum atomic E-state index is -0.763. The van der Waals surface area contributed by atoms with Gasteiger partial charge in [-0.1, -0.05) is 0 Å². The first-order valence-electron chi connectivity index (χ1n) is 5.67. The molecule has 0 spiro atoms.